The van der Waals surface area contributed by atoms with Crippen LogP contribution in [0.2, 0.25) is 0 Å². The number of non-ortho nitro benzene ring substituents is 1. The van der Waals surface area contributed by atoms with Gasteiger partial charge >= 0.3 is 0 Å². The fourth-order valence-corrected chi connectivity index (χ4v) is 3.26. The molecule has 0 saturated heterocycles. The van der Waals surface area contributed by atoms with Crippen molar-refractivity contribution in [2.24, 2.45) is 0 Å². The largest absolute Gasteiger partial charge is 0.288 e. The van der Waals surface area contributed by atoms with Crippen LogP contribution in [0.1, 0.15) is 11.3 Å². The van der Waals surface area contributed by atoms with Gasteiger partial charge in [-0.05, 0) is 42.0 Å². The summed E-state index contributed by atoms with van der Waals surface area (Å²) in [5, 5.41) is 16.2. The van der Waals surface area contributed by atoms with E-state index >= 15 is 0 Å². The van der Waals surface area contributed by atoms with Crippen molar-refractivity contribution in [3.63, 3.8) is 0 Å². The Labute approximate surface area is 174 Å². The van der Waals surface area contributed by atoms with Crippen molar-refractivity contribution >= 4 is 44.7 Å². The summed E-state index contributed by atoms with van der Waals surface area (Å²) in [7, 11) is 0. The van der Waals surface area contributed by atoms with E-state index in [2.05, 4.69) is 21.0 Å². The van der Waals surface area contributed by atoms with Gasteiger partial charge in [0, 0.05) is 22.0 Å². The van der Waals surface area contributed by atoms with Gasteiger partial charge in [0.1, 0.15) is 5.52 Å². The molecule has 4 aromatic rings. The number of nitrogens with zero attached hydrogens (tertiary/aromatic N) is 3. The van der Waals surface area contributed by atoms with Gasteiger partial charge < -0.3 is 0 Å². The lowest BCUT2D eigenvalue weighted by Gasteiger charge is -2.01. The molecule has 0 fully saturated rings. The molecule has 142 valence electrons. The smallest absolute Gasteiger partial charge is 0.269 e. The number of hydrogen-bond donors (Lipinski definition) is 0. The predicted molar refractivity (Wildman–Crippen MR) is 117 cm³/mol. The Balaban J connectivity index is 1.87. The van der Waals surface area contributed by atoms with Crippen LogP contribution in [0, 0.1) is 10.1 Å². The number of nitro groups is 1. The molecular weight excluding hydrogens is 434 g/mol. The molecule has 0 aliphatic carbocycles. The van der Waals surface area contributed by atoms with Crippen LogP contribution >= 0.6 is 15.9 Å². The van der Waals surface area contributed by atoms with Gasteiger partial charge in [-0.25, -0.2) is 4.68 Å². The Morgan fingerprint density at radius 1 is 0.931 bits per heavy atom. The first-order valence-corrected chi connectivity index (χ1v) is 9.53. The van der Waals surface area contributed by atoms with Crippen LogP contribution in [0.15, 0.2) is 82.1 Å². The molecule has 4 rings (SSSR count). The number of aromatic nitrogens is 2. The maximum absolute atomic E-state index is 12.7. The average molecular weight is 448 g/mol. The summed E-state index contributed by atoms with van der Waals surface area (Å²) in [6.45, 7) is 0. The lowest BCUT2D eigenvalue weighted by Crippen LogP contribution is -2.05. The van der Waals surface area contributed by atoms with Crippen LogP contribution in [0.4, 0.5) is 5.69 Å². The van der Waals surface area contributed by atoms with Crippen LogP contribution in [-0.4, -0.2) is 14.7 Å². The fourth-order valence-electron chi connectivity index (χ4n) is 3.00. The van der Waals surface area contributed by atoms with Crippen molar-refractivity contribution in [2.75, 3.05) is 0 Å². The SMILES string of the molecule is O=c1ccccc2c(C=Cc3ccc(Br)cc3)nn(-c3ccc([N+](=O)[O-])cc3)c12. The van der Waals surface area contributed by atoms with E-state index in [9.17, 15) is 14.9 Å². The Morgan fingerprint density at radius 3 is 2.31 bits per heavy atom. The summed E-state index contributed by atoms with van der Waals surface area (Å²) in [5.41, 5.74) is 2.42. The van der Waals surface area contributed by atoms with Crippen LogP contribution in [0.25, 0.3) is 28.7 Å². The Kier molecular flexibility index (Phi) is 5.05. The van der Waals surface area contributed by atoms with Gasteiger partial charge in [-0.15, -0.1) is 0 Å². The Morgan fingerprint density at radius 2 is 1.62 bits per heavy atom. The summed E-state index contributed by atoms with van der Waals surface area (Å²) < 4.78 is 2.52. The van der Waals surface area contributed by atoms with Crippen LogP contribution in [-0.2, 0) is 0 Å². The third-order valence-corrected chi connectivity index (χ3v) is 4.94. The number of fused-ring (bicyclic) bond motifs is 1. The molecule has 29 heavy (non-hydrogen) atoms. The summed E-state index contributed by atoms with van der Waals surface area (Å²) in [5.74, 6) is 0. The van der Waals surface area contributed by atoms with E-state index in [1.165, 1.54) is 22.9 Å². The zero-order valence-corrected chi connectivity index (χ0v) is 16.6. The van der Waals surface area contributed by atoms with Gasteiger partial charge in [-0.1, -0.05) is 52.3 Å². The molecule has 0 radical (unpaired) electrons. The van der Waals surface area contributed by atoms with E-state index in [-0.39, 0.29) is 11.1 Å². The molecule has 0 aliphatic rings. The van der Waals surface area contributed by atoms with E-state index in [1.807, 2.05) is 42.5 Å². The molecule has 0 N–H and O–H groups in total. The van der Waals surface area contributed by atoms with Gasteiger partial charge in [0.15, 0.2) is 0 Å². The monoisotopic (exact) mass is 447 g/mol. The lowest BCUT2D eigenvalue weighted by molar-refractivity contribution is -0.384. The molecule has 1 heterocycles. The summed E-state index contributed by atoms with van der Waals surface area (Å²) in [6, 6.07) is 20.6. The Hall–Kier alpha value is -3.58. The second kappa shape index (κ2) is 7.81. The Bertz CT molecular complexity index is 1290. The fraction of sp³-hybridized carbons (Fsp3) is 0. The van der Waals surface area contributed by atoms with E-state index in [1.54, 1.807) is 24.3 Å². The highest BCUT2D eigenvalue weighted by Gasteiger charge is 2.13. The van der Waals surface area contributed by atoms with E-state index in [0.29, 0.717) is 22.3 Å². The van der Waals surface area contributed by atoms with Crippen molar-refractivity contribution < 1.29 is 4.92 Å². The highest BCUT2D eigenvalue weighted by Crippen LogP contribution is 2.23. The van der Waals surface area contributed by atoms with Crippen LogP contribution in [0.3, 0.4) is 0 Å². The number of rotatable bonds is 4. The topological polar surface area (TPSA) is 78.0 Å². The standard InChI is InChI=1S/C22H14BrN3O3/c23-16-8-5-15(6-9-16)7-14-20-19-3-1-2-4-21(27)22(19)25(24-20)17-10-12-18(13-11-17)26(28)29/h1-14H. The minimum atomic E-state index is -0.462. The molecule has 0 atom stereocenters. The summed E-state index contributed by atoms with van der Waals surface area (Å²) in [4.78, 5) is 23.1. The van der Waals surface area contributed by atoms with Crippen molar-refractivity contribution in [1.29, 1.82) is 0 Å². The first kappa shape index (κ1) is 18.8. The van der Waals surface area contributed by atoms with Gasteiger partial charge in [0.2, 0.25) is 5.43 Å². The number of halogens is 1. The van der Waals surface area contributed by atoms with Gasteiger partial charge in [-0.2, -0.15) is 5.10 Å². The molecule has 3 aromatic carbocycles. The predicted octanol–water partition coefficient (Wildman–Crippen LogP) is 5.23. The van der Waals surface area contributed by atoms with E-state index < -0.39 is 4.92 Å². The maximum Gasteiger partial charge on any atom is 0.269 e. The van der Waals surface area contributed by atoms with Crippen molar-refractivity contribution in [3.05, 3.63) is 109 Å². The molecule has 0 unspecified atom stereocenters. The zero-order valence-electron chi connectivity index (χ0n) is 15.0. The van der Waals surface area contributed by atoms with Crippen molar-refractivity contribution in [3.8, 4) is 5.69 Å². The van der Waals surface area contributed by atoms with Crippen molar-refractivity contribution in [2.45, 2.75) is 0 Å². The van der Waals surface area contributed by atoms with Crippen LogP contribution < -0.4 is 5.43 Å². The number of benzene rings is 2. The molecule has 1 aromatic heterocycles. The summed E-state index contributed by atoms with van der Waals surface area (Å²) in [6.07, 6.45) is 3.78. The average Bonchev–Trinajstić information content (AvgIpc) is 2.98. The molecule has 7 heteroatoms. The second-order valence-corrected chi connectivity index (χ2v) is 7.22. The van der Waals surface area contributed by atoms with Crippen molar-refractivity contribution in [1.82, 2.24) is 9.78 Å². The van der Waals surface area contributed by atoms with Gasteiger partial charge in [0.25, 0.3) is 5.69 Å². The molecule has 0 saturated carbocycles. The summed E-state index contributed by atoms with van der Waals surface area (Å²) >= 11 is 3.41. The normalized spacial score (nSPS) is 11.2. The first-order chi connectivity index (χ1) is 14.0. The van der Waals surface area contributed by atoms with Crippen LogP contribution in [0.5, 0.6) is 0 Å². The molecule has 6 nitrogen and oxygen atoms in total. The first-order valence-electron chi connectivity index (χ1n) is 8.73. The third kappa shape index (κ3) is 3.86. The molecular formula is C22H14BrN3O3. The highest BCUT2D eigenvalue weighted by atomic mass is 79.9. The lowest BCUT2D eigenvalue weighted by atomic mass is 10.2. The third-order valence-electron chi connectivity index (χ3n) is 4.41. The van der Waals surface area contributed by atoms with E-state index in [0.717, 1.165) is 10.0 Å². The zero-order chi connectivity index (χ0) is 20.4. The minimum absolute atomic E-state index is 0.0199. The van der Waals surface area contributed by atoms with Gasteiger partial charge in [-0.3, -0.25) is 14.9 Å². The molecule has 0 amide bonds. The minimum Gasteiger partial charge on any atom is -0.288 e. The van der Waals surface area contributed by atoms with E-state index in [4.69, 9.17) is 0 Å². The maximum atomic E-state index is 12.7. The molecule has 0 bridgehead atoms. The number of nitro benzene ring substituents is 1. The quantitative estimate of drug-likeness (QED) is 0.317. The molecule has 0 aliphatic heterocycles. The highest BCUT2D eigenvalue weighted by molar-refractivity contribution is 9.10. The second-order valence-electron chi connectivity index (χ2n) is 6.30. The van der Waals surface area contributed by atoms with Gasteiger partial charge in [0.05, 0.1) is 16.3 Å². The number of hydrogen-bond acceptors (Lipinski definition) is 4. The molecule has 0 spiro atoms.